The third-order valence-electron chi connectivity index (χ3n) is 7.47. The Balaban J connectivity index is 1.68. The Kier molecular flexibility index (Phi) is 16.5. The minimum atomic E-state index is -4.10. The van der Waals surface area contributed by atoms with Crippen molar-refractivity contribution in [2.24, 2.45) is 0 Å². The van der Waals surface area contributed by atoms with Crippen LogP contribution in [-0.2, 0) is 48.1 Å². The number of nitrogen functional groups attached to an aromatic ring is 2. The quantitative estimate of drug-likeness (QED) is 0.0837. The molecule has 2 amide bonds. The Bertz CT molecular complexity index is 1750. The Morgan fingerprint density at radius 2 is 1.43 bits per heavy atom. The van der Waals surface area contributed by atoms with Gasteiger partial charge in [0.05, 0.1) is 45.8 Å². The van der Waals surface area contributed by atoms with Gasteiger partial charge in [0.2, 0.25) is 11.9 Å². The number of aromatic nitrogens is 4. The zero-order chi connectivity index (χ0) is 39.2. The van der Waals surface area contributed by atoms with Crippen LogP contribution in [0.15, 0.2) is 30.5 Å². The Labute approximate surface area is 308 Å². The lowest BCUT2D eigenvalue weighted by atomic mass is 10.1. The highest BCUT2D eigenvalue weighted by Crippen LogP contribution is 2.70. The second kappa shape index (κ2) is 20.3. The van der Waals surface area contributed by atoms with Gasteiger partial charge in [-0.3, -0.25) is 18.7 Å². The summed E-state index contributed by atoms with van der Waals surface area (Å²) in [5.41, 5.74) is 13.4. The number of esters is 1. The van der Waals surface area contributed by atoms with E-state index in [0.29, 0.717) is 23.4 Å². The molecule has 1 atom stereocenters. The van der Waals surface area contributed by atoms with Gasteiger partial charge in [-0.2, -0.15) is 4.98 Å². The largest absolute Gasteiger partial charge is 0.464 e. The van der Waals surface area contributed by atoms with Crippen molar-refractivity contribution in [3.63, 3.8) is 0 Å². The number of benzene rings is 1. The molecule has 53 heavy (non-hydrogen) atoms. The molecule has 19 nitrogen and oxygen atoms in total. The van der Waals surface area contributed by atoms with Crippen molar-refractivity contribution in [1.29, 1.82) is 0 Å². The number of hydrogen-bond acceptors (Lipinski definition) is 17. The first-order chi connectivity index (χ1) is 25.2. The molecule has 0 saturated carbocycles. The highest BCUT2D eigenvalue weighted by molar-refractivity contribution is 7.72. The number of carbonyl (C=O) groups is 3. The van der Waals surface area contributed by atoms with E-state index in [1.165, 1.54) is 6.20 Å². The molecule has 1 aromatic carbocycles. The number of nitrogens with one attached hydrogen (secondary N) is 2. The van der Waals surface area contributed by atoms with Crippen molar-refractivity contribution in [3.8, 4) is 0 Å². The summed E-state index contributed by atoms with van der Waals surface area (Å²) in [5.74, 6) is -1.29. The molecule has 21 heteroatoms. The molecule has 0 saturated heterocycles. The molecule has 6 N–H and O–H groups in total. The Morgan fingerprint density at radius 3 is 1.98 bits per heavy atom. The van der Waals surface area contributed by atoms with Crippen molar-refractivity contribution >= 4 is 61.5 Å². The fraction of sp³-hybridized carbons (Fsp3) is 0.531. The summed E-state index contributed by atoms with van der Waals surface area (Å²) in [7, 11) is -6.39. The van der Waals surface area contributed by atoms with Crippen LogP contribution in [0.4, 0.5) is 17.5 Å². The van der Waals surface area contributed by atoms with Crippen LogP contribution in [-0.4, -0.2) is 95.8 Å². The van der Waals surface area contributed by atoms with E-state index < -0.39 is 51.0 Å². The van der Waals surface area contributed by atoms with E-state index in [1.807, 2.05) is 11.9 Å². The topological polar surface area (TPSA) is 262 Å². The standard InChI is InChI=1S/C32H49N9O10P2/c1-7-47-31(44)23(16-17-26(42)36-19-27(52(45,48-8-2)49-9-3)53(46,50-10-4)51-11-5)37-30(43)21-12-14-22(15-13-21)41(6)20-25-35-18-24-28(39-25)29(33)40-32(34)38-24/h12-15,18,23,27H,7-11,16-17,19-20H2,1-6H3,(H,36,42)(H,37,43)(H4,33,34,38,40). The predicted molar refractivity (Wildman–Crippen MR) is 198 cm³/mol. The molecule has 1 unspecified atom stereocenters. The van der Waals surface area contributed by atoms with E-state index in [0.717, 1.165) is 5.69 Å². The van der Waals surface area contributed by atoms with Crippen molar-refractivity contribution in [1.82, 2.24) is 30.6 Å². The van der Waals surface area contributed by atoms with E-state index in [2.05, 4.69) is 30.6 Å². The van der Waals surface area contributed by atoms with Crippen molar-refractivity contribution in [2.45, 2.75) is 65.4 Å². The zero-order valence-electron chi connectivity index (χ0n) is 30.8. The molecule has 2 aromatic heterocycles. The lowest BCUT2D eigenvalue weighted by molar-refractivity contribution is -0.145. The van der Waals surface area contributed by atoms with Gasteiger partial charge in [-0.25, -0.2) is 19.7 Å². The van der Waals surface area contributed by atoms with E-state index >= 15 is 0 Å². The van der Waals surface area contributed by atoms with E-state index in [-0.39, 0.29) is 63.2 Å². The normalized spacial score (nSPS) is 12.4. The molecule has 2 heterocycles. The highest BCUT2D eigenvalue weighted by atomic mass is 31.2. The average molecular weight is 782 g/mol. The first-order valence-corrected chi connectivity index (χ1v) is 20.3. The second-order valence-electron chi connectivity index (χ2n) is 11.2. The molecular formula is C32H49N9O10P2. The Hall–Kier alpha value is -4.25. The fourth-order valence-electron chi connectivity index (χ4n) is 5.09. The minimum absolute atomic E-state index is 0.0239. The first-order valence-electron chi connectivity index (χ1n) is 17.1. The zero-order valence-corrected chi connectivity index (χ0v) is 32.6. The molecule has 0 aliphatic rings. The molecule has 3 rings (SSSR count). The maximum absolute atomic E-state index is 13.8. The van der Waals surface area contributed by atoms with E-state index in [1.54, 1.807) is 58.9 Å². The third kappa shape index (κ3) is 11.9. The van der Waals surface area contributed by atoms with Gasteiger partial charge in [0.1, 0.15) is 22.9 Å². The average Bonchev–Trinajstić information content (AvgIpc) is 3.10. The smallest absolute Gasteiger partial charge is 0.347 e. The van der Waals surface area contributed by atoms with Crippen LogP contribution in [0, 0.1) is 0 Å². The maximum atomic E-state index is 13.8. The molecule has 0 radical (unpaired) electrons. The lowest BCUT2D eigenvalue weighted by Crippen LogP contribution is -2.43. The maximum Gasteiger partial charge on any atom is 0.347 e. The van der Waals surface area contributed by atoms with Crippen LogP contribution >= 0.6 is 15.2 Å². The van der Waals surface area contributed by atoms with Gasteiger partial charge in [-0.15, -0.1) is 0 Å². The van der Waals surface area contributed by atoms with Crippen LogP contribution in [0.25, 0.3) is 11.0 Å². The van der Waals surface area contributed by atoms with Gasteiger partial charge in [-0.05, 0) is 65.3 Å². The summed E-state index contributed by atoms with van der Waals surface area (Å²) in [5, 5.41) is 3.76. The van der Waals surface area contributed by atoms with Gasteiger partial charge in [0, 0.05) is 31.3 Å². The van der Waals surface area contributed by atoms with E-state index in [4.69, 9.17) is 34.3 Å². The second-order valence-corrected chi connectivity index (χ2v) is 16.1. The van der Waals surface area contributed by atoms with E-state index in [9.17, 15) is 23.5 Å². The number of hydrogen-bond donors (Lipinski definition) is 4. The molecule has 0 fully saturated rings. The third-order valence-corrected chi connectivity index (χ3v) is 13.5. The van der Waals surface area contributed by atoms with Gasteiger partial charge in [0.15, 0.2) is 11.2 Å². The van der Waals surface area contributed by atoms with Crippen molar-refractivity contribution < 1.29 is 46.3 Å². The molecular weight excluding hydrogens is 732 g/mol. The molecule has 292 valence electrons. The first kappa shape index (κ1) is 43.2. The number of nitrogens with two attached hydrogens (primary N) is 2. The van der Waals surface area contributed by atoms with Crippen LogP contribution in [0.1, 0.15) is 63.6 Å². The summed E-state index contributed by atoms with van der Waals surface area (Å²) >= 11 is 0. The summed E-state index contributed by atoms with van der Waals surface area (Å²) in [6.07, 6.45) is 1.11. The van der Waals surface area contributed by atoms with Crippen molar-refractivity contribution in [2.75, 3.05) is 63.0 Å². The fourth-order valence-corrected chi connectivity index (χ4v) is 10.2. The molecule has 0 bridgehead atoms. The summed E-state index contributed by atoms with van der Waals surface area (Å²) in [6.45, 7) is 7.80. The minimum Gasteiger partial charge on any atom is -0.464 e. The number of rotatable bonds is 22. The van der Waals surface area contributed by atoms with Gasteiger partial charge < -0.3 is 49.8 Å². The Morgan fingerprint density at radius 1 is 0.849 bits per heavy atom. The predicted octanol–water partition coefficient (Wildman–Crippen LogP) is 3.64. The summed E-state index contributed by atoms with van der Waals surface area (Å²) in [6, 6.07) is 5.40. The lowest BCUT2D eigenvalue weighted by Gasteiger charge is -2.31. The number of carbonyl (C=O) groups excluding carboxylic acids is 3. The summed E-state index contributed by atoms with van der Waals surface area (Å²) < 4.78 is 54.4. The monoisotopic (exact) mass is 781 g/mol. The van der Waals surface area contributed by atoms with Gasteiger partial charge in [0.25, 0.3) is 5.91 Å². The molecule has 0 aliphatic carbocycles. The number of anilines is 3. The highest BCUT2D eigenvalue weighted by Gasteiger charge is 2.51. The number of amides is 2. The van der Waals surface area contributed by atoms with Gasteiger partial charge in [-0.1, -0.05) is 0 Å². The molecule has 0 aliphatic heterocycles. The van der Waals surface area contributed by atoms with Gasteiger partial charge >= 0.3 is 21.2 Å². The van der Waals surface area contributed by atoms with Crippen molar-refractivity contribution in [3.05, 3.63) is 41.9 Å². The summed E-state index contributed by atoms with van der Waals surface area (Å²) in [4.78, 5) is 57.8. The number of ether oxygens (including phenoxy) is 1. The molecule has 3 aromatic rings. The number of fused-ring (bicyclic) bond motifs is 1. The van der Waals surface area contributed by atoms with Crippen LogP contribution in [0.2, 0.25) is 0 Å². The van der Waals surface area contributed by atoms with Crippen LogP contribution < -0.4 is 27.0 Å². The number of nitrogens with zero attached hydrogens (tertiary/aromatic N) is 5. The van der Waals surface area contributed by atoms with Crippen LogP contribution in [0.3, 0.4) is 0 Å². The SMILES string of the molecule is CCOC(=O)C(CCC(=O)NCC(P(=O)(OCC)OCC)P(=O)(OCC)OCC)NC(=O)c1ccc(N(C)Cc2ncc3nc(N)nc(N)c3n2)cc1. The van der Waals surface area contributed by atoms with Crippen LogP contribution in [0.5, 0.6) is 0 Å². The molecule has 0 spiro atoms.